The number of benzene rings is 2. The summed E-state index contributed by atoms with van der Waals surface area (Å²) in [5, 5.41) is 18.9. The first kappa shape index (κ1) is 20.2. The third kappa shape index (κ3) is 4.12. The summed E-state index contributed by atoms with van der Waals surface area (Å²) >= 11 is 0. The van der Waals surface area contributed by atoms with Gasteiger partial charge in [-0.2, -0.15) is 5.10 Å². The number of nitrogens with one attached hydrogen (secondary N) is 1. The fourth-order valence-electron chi connectivity index (χ4n) is 3.56. The Morgan fingerprint density at radius 3 is 2.70 bits per heavy atom. The molecule has 6 nitrogen and oxygen atoms in total. The number of rotatable bonds is 7. The van der Waals surface area contributed by atoms with Crippen LogP contribution in [0.25, 0.3) is 21.7 Å². The number of H-pyrrole nitrogens is 1. The fraction of sp³-hybridized carbons (Fsp3) is 0.261. The molecule has 2 N–H and O–H groups in total. The Balaban J connectivity index is 1.82. The summed E-state index contributed by atoms with van der Waals surface area (Å²) in [5.74, 6) is -1.05. The molecular formula is C23H25N3O3Si. The van der Waals surface area contributed by atoms with Gasteiger partial charge in [-0.1, -0.05) is 50.0 Å². The first-order valence-electron chi connectivity index (χ1n) is 9.99. The second kappa shape index (κ2) is 8.01. The number of nitrogens with zero attached hydrogens (tertiary/aromatic N) is 2. The molecular weight excluding hydrogens is 394 g/mol. The summed E-state index contributed by atoms with van der Waals surface area (Å²) < 4.78 is 6.44. The van der Waals surface area contributed by atoms with E-state index in [1.54, 1.807) is 0 Å². The van der Waals surface area contributed by atoms with Crippen LogP contribution in [-0.2, 0) is 4.74 Å². The molecule has 2 aromatic heterocycles. The number of aromatic carboxylic acids is 1. The van der Waals surface area contributed by atoms with Gasteiger partial charge in [0.15, 0.2) is 5.69 Å². The van der Waals surface area contributed by atoms with Crippen LogP contribution in [0.15, 0.2) is 54.9 Å². The Morgan fingerprint density at radius 1 is 1.13 bits per heavy atom. The lowest BCUT2D eigenvalue weighted by Crippen LogP contribution is -2.22. The molecule has 0 saturated heterocycles. The van der Waals surface area contributed by atoms with Gasteiger partial charge in [-0.25, -0.2) is 4.79 Å². The average Bonchev–Trinajstić information content (AvgIpc) is 3.14. The summed E-state index contributed by atoms with van der Waals surface area (Å²) in [7, 11) is -1.27. The highest BCUT2D eigenvalue weighted by molar-refractivity contribution is 6.76. The Morgan fingerprint density at radius 2 is 1.93 bits per heavy atom. The van der Waals surface area contributed by atoms with Crippen molar-refractivity contribution < 1.29 is 14.6 Å². The van der Waals surface area contributed by atoms with Crippen molar-refractivity contribution in [2.75, 3.05) is 6.61 Å². The Kier molecular flexibility index (Phi) is 5.40. The van der Waals surface area contributed by atoms with Gasteiger partial charge in [0, 0.05) is 43.4 Å². The van der Waals surface area contributed by atoms with Crippen molar-refractivity contribution in [1.29, 1.82) is 0 Å². The molecule has 154 valence electrons. The van der Waals surface area contributed by atoms with Gasteiger partial charge in [0.2, 0.25) is 0 Å². The second-order valence-corrected chi connectivity index (χ2v) is 14.3. The smallest absolute Gasteiger partial charge is 0.357 e. The largest absolute Gasteiger partial charge is 0.476 e. The lowest BCUT2D eigenvalue weighted by atomic mass is 9.96. The molecule has 0 fully saturated rings. The Bertz CT molecular complexity index is 1210. The van der Waals surface area contributed by atoms with Crippen molar-refractivity contribution in [1.82, 2.24) is 15.2 Å². The normalized spacial score (nSPS) is 13.0. The lowest BCUT2D eigenvalue weighted by molar-refractivity contribution is 0.0692. The van der Waals surface area contributed by atoms with Gasteiger partial charge in [-0.05, 0) is 29.1 Å². The highest BCUT2D eigenvalue weighted by Gasteiger charge is 2.22. The van der Waals surface area contributed by atoms with Crippen molar-refractivity contribution in [3.63, 3.8) is 0 Å². The van der Waals surface area contributed by atoms with Crippen molar-refractivity contribution >= 4 is 35.7 Å². The maximum Gasteiger partial charge on any atom is 0.357 e. The van der Waals surface area contributed by atoms with Gasteiger partial charge in [0.1, 0.15) is 6.10 Å². The van der Waals surface area contributed by atoms with E-state index in [-0.39, 0.29) is 11.8 Å². The van der Waals surface area contributed by atoms with E-state index in [0.29, 0.717) is 17.5 Å². The van der Waals surface area contributed by atoms with Crippen LogP contribution < -0.4 is 0 Å². The molecule has 0 spiro atoms. The predicted molar refractivity (Wildman–Crippen MR) is 121 cm³/mol. The third-order valence-corrected chi connectivity index (χ3v) is 6.91. The predicted octanol–water partition coefficient (Wildman–Crippen LogP) is 5.25. The monoisotopic (exact) mass is 419 g/mol. The van der Waals surface area contributed by atoms with E-state index in [4.69, 9.17) is 4.74 Å². The number of carboxylic acid groups (broad SMARTS) is 1. The number of carboxylic acids is 1. The van der Waals surface area contributed by atoms with Crippen LogP contribution in [-0.4, -0.2) is 40.9 Å². The zero-order chi connectivity index (χ0) is 21.3. The molecule has 0 radical (unpaired) electrons. The molecule has 0 aliphatic rings. The molecule has 0 amide bonds. The summed E-state index contributed by atoms with van der Waals surface area (Å²) in [5.41, 5.74) is 2.57. The molecule has 2 heterocycles. The van der Waals surface area contributed by atoms with Gasteiger partial charge >= 0.3 is 5.97 Å². The number of pyridine rings is 1. The number of hydrogen-bond acceptors (Lipinski definition) is 4. The second-order valence-electron chi connectivity index (χ2n) is 8.69. The SMILES string of the molecule is C[Si](C)(C)CCOC(c1ccc2[nH]nc(C(=O)O)c2c1)c1cncc2ccccc12. The molecule has 2 aromatic carbocycles. The average molecular weight is 420 g/mol. The van der Waals surface area contributed by atoms with Crippen LogP contribution in [0.3, 0.4) is 0 Å². The van der Waals surface area contributed by atoms with E-state index in [1.165, 1.54) is 0 Å². The minimum absolute atomic E-state index is 0.0174. The molecule has 1 atom stereocenters. The highest BCUT2D eigenvalue weighted by Crippen LogP contribution is 2.33. The van der Waals surface area contributed by atoms with Gasteiger partial charge < -0.3 is 9.84 Å². The molecule has 0 aliphatic heterocycles. The van der Waals surface area contributed by atoms with E-state index in [2.05, 4.69) is 40.9 Å². The molecule has 7 heteroatoms. The molecule has 1 unspecified atom stereocenters. The van der Waals surface area contributed by atoms with Crippen LogP contribution in [0.2, 0.25) is 25.7 Å². The summed E-state index contributed by atoms with van der Waals surface area (Å²) in [6, 6.07) is 14.8. The van der Waals surface area contributed by atoms with Crippen molar-refractivity contribution in [3.8, 4) is 0 Å². The number of ether oxygens (including phenoxy) is 1. The van der Waals surface area contributed by atoms with Gasteiger partial charge in [0.25, 0.3) is 0 Å². The van der Waals surface area contributed by atoms with Crippen LogP contribution in [0.1, 0.15) is 27.7 Å². The zero-order valence-corrected chi connectivity index (χ0v) is 18.3. The fourth-order valence-corrected chi connectivity index (χ4v) is 4.29. The van der Waals surface area contributed by atoms with Crippen LogP contribution in [0.5, 0.6) is 0 Å². The van der Waals surface area contributed by atoms with E-state index >= 15 is 0 Å². The maximum atomic E-state index is 11.6. The van der Waals surface area contributed by atoms with Crippen LogP contribution >= 0.6 is 0 Å². The molecule has 4 rings (SSSR count). The topological polar surface area (TPSA) is 88.1 Å². The first-order valence-corrected chi connectivity index (χ1v) is 13.7. The van der Waals surface area contributed by atoms with E-state index in [1.807, 2.05) is 48.8 Å². The summed E-state index contributed by atoms with van der Waals surface area (Å²) in [6.07, 6.45) is 3.35. The summed E-state index contributed by atoms with van der Waals surface area (Å²) in [6.45, 7) is 7.60. The molecule has 30 heavy (non-hydrogen) atoms. The lowest BCUT2D eigenvalue weighted by Gasteiger charge is -2.23. The van der Waals surface area contributed by atoms with Crippen LogP contribution in [0, 0.1) is 0 Å². The number of fused-ring (bicyclic) bond motifs is 2. The minimum atomic E-state index is -1.27. The number of aromatic nitrogens is 3. The van der Waals surface area contributed by atoms with Crippen molar-refractivity contribution in [3.05, 3.63) is 71.7 Å². The van der Waals surface area contributed by atoms with Crippen molar-refractivity contribution in [2.45, 2.75) is 31.8 Å². The molecule has 4 aromatic rings. The quantitative estimate of drug-likeness (QED) is 0.399. The standard InChI is InChI=1S/C23H25N3O3Si/c1-30(2,3)11-10-29-22(19-14-24-13-16-6-4-5-7-17(16)19)15-8-9-20-18(12-15)21(23(27)28)26-25-20/h4-9,12-14,22H,10-11H2,1-3H3,(H,25,26)(H,27,28). The van der Waals surface area contributed by atoms with E-state index in [0.717, 1.165) is 27.9 Å². The number of carbonyl (C=O) groups is 1. The van der Waals surface area contributed by atoms with E-state index in [9.17, 15) is 9.90 Å². The zero-order valence-electron chi connectivity index (χ0n) is 17.3. The highest BCUT2D eigenvalue weighted by atomic mass is 28.3. The van der Waals surface area contributed by atoms with E-state index < -0.39 is 14.0 Å². The van der Waals surface area contributed by atoms with Gasteiger partial charge in [-0.15, -0.1) is 0 Å². The minimum Gasteiger partial charge on any atom is -0.476 e. The van der Waals surface area contributed by atoms with Crippen LogP contribution in [0.4, 0.5) is 0 Å². The third-order valence-electron chi connectivity index (χ3n) is 5.21. The maximum absolute atomic E-state index is 11.6. The number of hydrogen-bond donors (Lipinski definition) is 2. The molecule has 0 saturated carbocycles. The van der Waals surface area contributed by atoms with Crippen molar-refractivity contribution in [2.24, 2.45) is 0 Å². The molecule has 0 bridgehead atoms. The van der Waals surface area contributed by atoms with Gasteiger partial charge in [-0.3, -0.25) is 10.1 Å². The Hall–Kier alpha value is -3.03. The number of aromatic amines is 1. The summed E-state index contributed by atoms with van der Waals surface area (Å²) in [4.78, 5) is 16.0. The Labute approximate surface area is 175 Å². The van der Waals surface area contributed by atoms with Gasteiger partial charge in [0.05, 0.1) is 5.52 Å². The molecule has 0 aliphatic carbocycles. The first-order chi connectivity index (χ1) is 14.3.